The van der Waals surface area contributed by atoms with E-state index in [-0.39, 0.29) is 12.4 Å². The van der Waals surface area contributed by atoms with E-state index in [1.54, 1.807) is 6.92 Å². The number of carbonyl (C=O) groups is 1. The molecule has 0 aromatic heterocycles. The van der Waals surface area contributed by atoms with Gasteiger partial charge in [0.2, 0.25) is 0 Å². The van der Waals surface area contributed by atoms with Crippen LogP contribution in [0.3, 0.4) is 0 Å². The summed E-state index contributed by atoms with van der Waals surface area (Å²) < 4.78 is 22.1. The summed E-state index contributed by atoms with van der Waals surface area (Å²) in [4.78, 5) is 11.4. The molecule has 2 aromatic rings. The minimum Gasteiger partial charge on any atom is -0.489 e. The molecule has 1 aliphatic rings. The molecule has 0 saturated carbocycles. The molecule has 30 heavy (non-hydrogen) atoms. The zero-order valence-corrected chi connectivity index (χ0v) is 18.0. The van der Waals surface area contributed by atoms with Crippen molar-refractivity contribution in [1.82, 2.24) is 0 Å². The first kappa shape index (κ1) is 22.3. The van der Waals surface area contributed by atoms with E-state index < -0.39 is 5.79 Å². The Morgan fingerprint density at radius 1 is 1.00 bits per heavy atom. The average molecular weight is 413 g/mol. The van der Waals surface area contributed by atoms with Crippen LogP contribution in [0.5, 0.6) is 5.75 Å². The topological polar surface area (TPSA) is 54.0 Å². The molecule has 1 heterocycles. The molecule has 3 rings (SSSR count). The van der Waals surface area contributed by atoms with Crippen molar-refractivity contribution in [3.63, 3.8) is 0 Å². The van der Waals surface area contributed by atoms with Gasteiger partial charge in [0.15, 0.2) is 5.79 Å². The van der Waals surface area contributed by atoms with Gasteiger partial charge in [0.25, 0.3) is 0 Å². The predicted molar refractivity (Wildman–Crippen MR) is 115 cm³/mol. The van der Waals surface area contributed by atoms with Gasteiger partial charge in [0.05, 0.1) is 26.7 Å². The summed E-state index contributed by atoms with van der Waals surface area (Å²) in [6.07, 6.45) is 4.48. The van der Waals surface area contributed by atoms with Gasteiger partial charge in [0, 0.05) is 5.92 Å². The maximum atomic E-state index is 11.4. The second kappa shape index (κ2) is 11.1. The quantitative estimate of drug-likeness (QED) is 0.409. The number of hydrogen-bond acceptors (Lipinski definition) is 5. The largest absolute Gasteiger partial charge is 0.489 e. The highest BCUT2D eigenvalue weighted by molar-refractivity contribution is 5.70. The van der Waals surface area contributed by atoms with Crippen molar-refractivity contribution >= 4 is 5.97 Å². The van der Waals surface area contributed by atoms with E-state index >= 15 is 0 Å². The first-order valence-electron chi connectivity index (χ1n) is 10.7. The molecule has 1 fully saturated rings. The number of methoxy groups -OCH3 is 1. The number of rotatable bonds is 10. The van der Waals surface area contributed by atoms with Crippen LogP contribution in [0.2, 0.25) is 0 Å². The van der Waals surface area contributed by atoms with Gasteiger partial charge >= 0.3 is 5.97 Å². The molecular weight excluding hydrogens is 380 g/mol. The lowest BCUT2D eigenvalue weighted by Crippen LogP contribution is -2.43. The highest BCUT2D eigenvalue weighted by atomic mass is 16.7. The van der Waals surface area contributed by atoms with Crippen molar-refractivity contribution in [3.8, 4) is 5.75 Å². The monoisotopic (exact) mass is 412 g/mol. The SMILES string of the molecule is COC(=O)CC1(C)OCC(CCCCc2ccc(OCc3ccccc3)cc2)CO1. The Hall–Kier alpha value is -2.37. The Morgan fingerprint density at radius 3 is 2.37 bits per heavy atom. The summed E-state index contributed by atoms with van der Waals surface area (Å²) in [5.41, 5.74) is 2.49. The minimum atomic E-state index is -0.853. The molecule has 1 saturated heterocycles. The van der Waals surface area contributed by atoms with Crippen LogP contribution >= 0.6 is 0 Å². The molecule has 0 atom stereocenters. The summed E-state index contributed by atoms with van der Waals surface area (Å²) in [5.74, 6) is 0.111. The molecule has 5 heteroatoms. The van der Waals surface area contributed by atoms with E-state index in [0.717, 1.165) is 31.4 Å². The van der Waals surface area contributed by atoms with Crippen molar-refractivity contribution < 1.29 is 23.7 Å². The summed E-state index contributed by atoms with van der Waals surface area (Å²) in [6, 6.07) is 18.6. The third-order valence-corrected chi connectivity index (χ3v) is 5.44. The minimum absolute atomic E-state index is 0.126. The Balaban J connectivity index is 1.31. The molecular formula is C25H32O5. The lowest BCUT2D eigenvalue weighted by Gasteiger charge is -2.37. The van der Waals surface area contributed by atoms with Crippen LogP contribution in [-0.4, -0.2) is 32.1 Å². The summed E-state index contributed by atoms with van der Waals surface area (Å²) in [5, 5.41) is 0. The zero-order valence-electron chi connectivity index (χ0n) is 18.0. The van der Waals surface area contributed by atoms with Gasteiger partial charge in [-0.15, -0.1) is 0 Å². The van der Waals surface area contributed by atoms with E-state index in [0.29, 0.717) is 25.7 Å². The number of benzene rings is 2. The van der Waals surface area contributed by atoms with Gasteiger partial charge in [-0.1, -0.05) is 48.9 Å². The summed E-state index contributed by atoms with van der Waals surface area (Å²) in [6.45, 7) is 3.64. The first-order valence-corrected chi connectivity index (χ1v) is 10.7. The molecule has 1 aliphatic heterocycles. The summed E-state index contributed by atoms with van der Waals surface area (Å²) >= 11 is 0. The lowest BCUT2D eigenvalue weighted by atomic mass is 9.99. The molecule has 162 valence electrons. The van der Waals surface area contributed by atoms with Gasteiger partial charge in [-0.3, -0.25) is 4.79 Å². The van der Waals surface area contributed by atoms with Crippen LogP contribution in [0, 0.1) is 5.92 Å². The number of unbranched alkanes of at least 4 members (excludes halogenated alkanes) is 1. The second-order valence-corrected chi connectivity index (χ2v) is 8.04. The molecule has 5 nitrogen and oxygen atoms in total. The fourth-order valence-corrected chi connectivity index (χ4v) is 3.54. The van der Waals surface area contributed by atoms with E-state index in [1.807, 2.05) is 30.3 Å². The van der Waals surface area contributed by atoms with Crippen LogP contribution in [0.25, 0.3) is 0 Å². The standard InChI is InChI=1S/C25H32O5/c1-25(16-24(26)27-2)29-18-22(19-30-25)11-7-6-8-20-12-14-23(15-13-20)28-17-21-9-4-3-5-10-21/h3-5,9-10,12-15,22H,6-8,11,16-19H2,1-2H3. The molecule has 0 bridgehead atoms. The number of hydrogen-bond donors (Lipinski definition) is 0. The smallest absolute Gasteiger partial charge is 0.310 e. The lowest BCUT2D eigenvalue weighted by molar-refractivity contribution is -0.275. The third kappa shape index (κ3) is 7.15. The molecule has 0 unspecified atom stereocenters. The van der Waals surface area contributed by atoms with Crippen LogP contribution in [0.1, 0.15) is 43.7 Å². The van der Waals surface area contributed by atoms with Crippen molar-refractivity contribution in [2.24, 2.45) is 5.92 Å². The second-order valence-electron chi connectivity index (χ2n) is 8.04. The maximum Gasteiger partial charge on any atom is 0.310 e. The van der Waals surface area contributed by atoms with Crippen molar-refractivity contribution in [3.05, 3.63) is 65.7 Å². The van der Waals surface area contributed by atoms with Gasteiger partial charge in [-0.05, 0) is 49.4 Å². The molecule has 0 radical (unpaired) electrons. The van der Waals surface area contributed by atoms with Gasteiger partial charge in [0.1, 0.15) is 12.4 Å². The van der Waals surface area contributed by atoms with Crippen LogP contribution in [0.15, 0.2) is 54.6 Å². The molecule has 0 aliphatic carbocycles. The first-order chi connectivity index (χ1) is 14.6. The van der Waals surface area contributed by atoms with E-state index in [2.05, 4.69) is 24.3 Å². The maximum absolute atomic E-state index is 11.4. The molecule has 0 N–H and O–H groups in total. The number of esters is 1. The Kier molecular flexibility index (Phi) is 8.29. The number of carbonyl (C=O) groups excluding carboxylic acids is 1. The van der Waals surface area contributed by atoms with Crippen molar-refractivity contribution in [2.45, 2.75) is 51.4 Å². The highest BCUT2D eigenvalue weighted by Crippen LogP contribution is 2.27. The molecule has 0 amide bonds. The summed E-state index contributed by atoms with van der Waals surface area (Å²) in [7, 11) is 1.38. The zero-order chi connectivity index (χ0) is 21.2. The fourth-order valence-electron chi connectivity index (χ4n) is 3.54. The average Bonchev–Trinajstić information content (AvgIpc) is 2.78. The molecule has 2 aromatic carbocycles. The van der Waals surface area contributed by atoms with Crippen LogP contribution in [-0.2, 0) is 32.0 Å². The van der Waals surface area contributed by atoms with Crippen molar-refractivity contribution in [2.75, 3.05) is 20.3 Å². The highest BCUT2D eigenvalue weighted by Gasteiger charge is 2.35. The van der Waals surface area contributed by atoms with Crippen LogP contribution < -0.4 is 4.74 Å². The normalized spacial score (nSPS) is 21.2. The Morgan fingerprint density at radius 2 is 1.70 bits per heavy atom. The van der Waals surface area contributed by atoms with Gasteiger partial charge < -0.3 is 18.9 Å². The predicted octanol–water partition coefficient (Wildman–Crippen LogP) is 4.92. The fraction of sp³-hybridized carbons (Fsp3) is 0.480. The van der Waals surface area contributed by atoms with E-state index in [4.69, 9.17) is 18.9 Å². The van der Waals surface area contributed by atoms with Gasteiger partial charge in [-0.25, -0.2) is 0 Å². The molecule has 0 spiro atoms. The van der Waals surface area contributed by atoms with E-state index in [1.165, 1.54) is 18.2 Å². The van der Waals surface area contributed by atoms with Crippen molar-refractivity contribution in [1.29, 1.82) is 0 Å². The van der Waals surface area contributed by atoms with Gasteiger partial charge in [-0.2, -0.15) is 0 Å². The Bertz CT molecular complexity index is 764. The third-order valence-electron chi connectivity index (χ3n) is 5.44. The number of aryl methyl sites for hydroxylation is 1. The van der Waals surface area contributed by atoms with Crippen LogP contribution in [0.4, 0.5) is 0 Å². The number of ether oxygens (including phenoxy) is 4. The van der Waals surface area contributed by atoms with E-state index in [9.17, 15) is 4.79 Å². The Labute approximate surface area is 179 Å².